The van der Waals surface area contributed by atoms with Gasteiger partial charge in [0.2, 0.25) is 0 Å². The maximum atomic E-state index is 5.41. The first-order valence-electron chi connectivity index (χ1n) is 7.20. The number of hydrogen-bond acceptors (Lipinski definition) is 2. The van der Waals surface area contributed by atoms with Crippen molar-refractivity contribution in [2.75, 3.05) is 19.8 Å². The van der Waals surface area contributed by atoms with Crippen LogP contribution in [0.4, 0.5) is 0 Å². The van der Waals surface area contributed by atoms with Crippen molar-refractivity contribution in [2.45, 2.75) is 13.1 Å². The Morgan fingerprint density at radius 2 is 1.38 bits per heavy atom. The highest BCUT2D eigenvalue weighted by Gasteiger charge is 2.07. The molecule has 0 aliphatic carbocycles. The first-order valence-corrected chi connectivity index (χ1v) is 7.20. The summed E-state index contributed by atoms with van der Waals surface area (Å²) in [5.74, 6) is 2.50. The van der Waals surface area contributed by atoms with E-state index >= 15 is 0 Å². The van der Waals surface area contributed by atoms with E-state index in [4.69, 9.17) is 11.2 Å². The number of nitrogens with zero attached hydrogens (tertiary/aromatic N) is 1. The van der Waals surface area contributed by atoms with Crippen molar-refractivity contribution in [3.63, 3.8) is 0 Å². The van der Waals surface area contributed by atoms with E-state index in [9.17, 15) is 0 Å². The number of hydrogen-bond donors (Lipinski definition) is 0. The van der Waals surface area contributed by atoms with Crippen molar-refractivity contribution in [2.24, 2.45) is 0 Å². The summed E-state index contributed by atoms with van der Waals surface area (Å²) in [6, 6.07) is 21.0. The number of rotatable bonds is 8. The van der Waals surface area contributed by atoms with Crippen LogP contribution in [0.2, 0.25) is 0 Å². The van der Waals surface area contributed by atoms with Crippen molar-refractivity contribution in [3.8, 4) is 12.3 Å². The molecule has 0 N–H and O–H groups in total. The van der Waals surface area contributed by atoms with Crippen molar-refractivity contribution in [1.82, 2.24) is 4.90 Å². The minimum Gasteiger partial charge on any atom is -0.367 e. The van der Waals surface area contributed by atoms with Crippen molar-refractivity contribution >= 4 is 0 Å². The van der Waals surface area contributed by atoms with Crippen LogP contribution in [0.1, 0.15) is 11.1 Å². The van der Waals surface area contributed by atoms with Gasteiger partial charge in [-0.2, -0.15) is 0 Å². The van der Waals surface area contributed by atoms with Crippen LogP contribution in [0, 0.1) is 12.3 Å². The van der Waals surface area contributed by atoms with E-state index in [2.05, 4.69) is 59.4 Å². The van der Waals surface area contributed by atoms with Crippen LogP contribution in [0.5, 0.6) is 0 Å². The predicted molar refractivity (Wildman–Crippen MR) is 86.7 cm³/mol. The van der Waals surface area contributed by atoms with E-state index in [0.29, 0.717) is 13.2 Å². The summed E-state index contributed by atoms with van der Waals surface area (Å²) in [5.41, 5.74) is 2.62. The lowest BCUT2D eigenvalue weighted by Gasteiger charge is -2.22. The van der Waals surface area contributed by atoms with Gasteiger partial charge in [0.25, 0.3) is 0 Å². The Kier molecular flexibility index (Phi) is 6.54. The summed E-state index contributed by atoms with van der Waals surface area (Å²) in [4.78, 5) is 2.38. The van der Waals surface area contributed by atoms with Crippen LogP contribution in [-0.2, 0) is 17.8 Å². The lowest BCUT2D eigenvalue weighted by Crippen LogP contribution is -2.27. The van der Waals surface area contributed by atoms with Gasteiger partial charge in [0, 0.05) is 19.6 Å². The fourth-order valence-electron chi connectivity index (χ4n) is 2.22. The molecule has 2 aromatic carbocycles. The monoisotopic (exact) mass is 279 g/mol. The van der Waals surface area contributed by atoms with E-state index in [1.165, 1.54) is 11.1 Å². The predicted octanol–water partition coefficient (Wildman–Crippen LogP) is 3.34. The van der Waals surface area contributed by atoms with E-state index < -0.39 is 0 Å². The third-order valence-electron chi connectivity index (χ3n) is 3.24. The van der Waals surface area contributed by atoms with Crippen LogP contribution in [-0.4, -0.2) is 24.7 Å². The summed E-state index contributed by atoms with van der Waals surface area (Å²) in [5, 5.41) is 0. The Bertz CT molecular complexity index is 503. The molecule has 0 spiro atoms. The SMILES string of the molecule is C#CCOCCN(Cc1ccccc1)Cc1ccccc1. The fraction of sp³-hybridized carbons (Fsp3) is 0.263. The zero-order chi connectivity index (χ0) is 14.8. The molecule has 0 fully saturated rings. The van der Waals surface area contributed by atoms with Crippen LogP contribution in [0.15, 0.2) is 60.7 Å². The van der Waals surface area contributed by atoms with Crippen LogP contribution < -0.4 is 0 Å². The topological polar surface area (TPSA) is 12.5 Å². The molecule has 0 aliphatic heterocycles. The third-order valence-corrected chi connectivity index (χ3v) is 3.24. The zero-order valence-electron chi connectivity index (χ0n) is 12.2. The summed E-state index contributed by atoms with van der Waals surface area (Å²) in [6.07, 6.45) is 5.20. The highest BCUT2D eigenvalue weighted by Crippen LogP contribution is 2.09. The van der Waals surface area contributed by atoms with Crippen molar-refractivity contribution < 1.29 is 4.74 Å². The molecule has 2 aromatic rings. The molecule has 0 radical (unpaired) electrons. The standard InChI is InChI=1S/C19H21NO/c1-2-14-21-15-13-20(16-18-9-5-3-6-10-18)17-19-11-7-4-8-12-19/h1,3-12H,13-17H2. The molecule has 0 atom stereocenters. The minimum absolute atomic E-state index is 0.379. The largest absolute Gasteiger partial charge is 0.367 e. The van der Waals surface area contributed by atoms with Crippen molar-refractivity contribution in [3.05, 3.63) is 71.8 Å². The first kappa shape index (κ1) is 15.3. The molecular weight excluding hydrogens is 258 g/mol. The van der Waals surface area contributed by atoms with Gasteiger partial charge in [0.15, 0.2) is 0 Å². The zero-order valence-corrected chi connectivity index (χ0v) is 12.2. The molecule has 0 heterocycles. The van der Waals surface area contributed by atoms with Gasteiger partial charge in [-0.3, -0.25) is 4.90 Å². The van der Waals surface area contributed by atoms with Gasteiger partial charge in [-0.1, -0.05) is 66.6 Å². The molecule has 108 valence electrons. The Morgan fingerprint density at radius 1 is 0.857 bits per heavy atom. The van der Waals surface area contributed by atoms with Gasteiger partial charge in [-0.05, 0) is 11.1 Å². The number of terminal acetylenes is 1. The van der Waals surface area contributed by atoms with Gasteiger partial charge in [0.1, 0.15) is 6.61 Å². The molecule has 0 saturated carbocycles. The number of benzene rings is 2. The van der Waals surface area contributed by atoms with Gasteiger partial charge >= 0.3 is 0 Å². The van der Waals surface area contributed by atoms with Gasteiger partial charge in [-0.25, -0.2) is 0 Å². The molecule has 0 unspecified atom stereocenters. The molecule has 21 heavy (non-hydrogen) atoms. The van der Waals surface area contributed by atoms with E-state index in [1.807, 2.05) is 12.1 Å². The molecule has 0 bridgehead atoms. The summed E-state index contributed by atoms with van der Waals surface area (Å²) in [7, 11) is 0. The molecular formula is C19H21NO. The fourth-order valence-corrected chi connectivity index (χ4v) is 2.22. The third kappa shape index (κ3) is 5.83. The van der Waals surface area contributed by atoms with Crippen LogP contribution in [0.25, 0.3) is 0 Å². The Labute approximate surface area is 127 Å². The average molecular weight is 279 g/mol. The van der Waals surface area contributed by atoms with Crippen molar-refractivity contribution in [1.29, 1.82) is 0 Å². The average Bonchev–Trinajstić information content (AvgIpc) is 2.53. The lowest BCUT2D eigenvalue weighted by atomic mass is 10.1. The second-order valence-electron chi connectivity index (χ2n) is 4.94. The molecule has 0 aromatic heterocycles. The summed E-state index contributed by atoms with van der Waals surface area (Å²) < 4.78 is 5.41. The molecule has 2 nitrogen and oxygen atoms in total. The second kappa shape index (κ2) is 8.97. The highest BCUT2D eigenvalue weighted by molar-refractivity contribution is 5.17. The molecule has 2 heteroatoms. The lowest BCUT2D eigenvalue weighted by molar-refractivity contribution is 0.121. The summed E-state index contributed by atoms with van der Waals surface area (Å²) >= 11 is 0. The van der Waals surface area contributed by atoms with Gasteiger partial charge in [-0.15, -0.1) is 6.42 Å². The van der Waals surface area contributed by atoms with Gasteiger partial charge in [0.05, 0.1) is 6.61 Å². The van der Waals surface area contributed by atoms with E-state index in [1.54, 1.807) is 0 Å². The normalized spacial score (nSPS) is 10.5. The summed E-state index contributed by atoms with van der Waals surface area (Å²) in [6.45, 7) is 3.73. The van der Waals surface area contributed by atoms with Gasteiger partial charge < -0.3 is 4.74 Å². The number of ether oxygens (including phenoxy) is 1. The maximum absolute atomic E-state index is 5.41. The smallest absolute Gasteiger partial charge is 0.107 e. The Morgan fingerprint density at radius 3 is 1.86 bits per heavy atom. The Balaban J connectivity index is 1.94. The first-order chi connectivity index (χ1) is 10.4. The maximum Gasteiger partial charge on any atom is 0.107 e. The molecule has 0 saturated heterocycles. The van der Waals surface area contributed by atoms with E-state index in [-0.39, 0.29) is 0 Å². The highest BCUT2D eigenvalue weighted by atomic mass is 16.5. The van der Waals surface area contributed by atoms with Crippen LogP contribution >= 0.6 is 0 Å². The molecule has 2 rings (SSSR count). The quantitative estimate of drug-likeness (QED) is 0.543. The molecule has 0 aliphatic rings. The molecule has 0 amide bonds. The van der Waals surface area contributed by atoms with Crippen LogP contribution in [0.3, 0.4) is 0 Å². The Hall–Kier alpha value is -2.08. The minimum atomic E-state index is 0.379. The van der Waals surface area contributed by atoms with E-state index in [0.717, 1.165) is 19.6 Å². The second-order valence-corrected chi connectivity index (χ2v) is 4.94.